The third-order valence-corrected chi connectivity index (χ3v) is 4.65. The van der Waals surface area contributed by atoms with Gasteiger partial charge < -0.3 is 10.1 Å². The Balaban J connectivity index is 2.32. The molecule has 0 amide bonds. The van der Waals surface area contributed by atoms with Crippen LogP contribution in [-0.4, -0.2) is 45.7 Å². The lowest BCUT2D eigenvalue weighted by Crippen LogP contribution is -2.30. The normalized spacial score (nSPS) is 11.8. The Morgan fingerprint density at radius 2 is 1.85 bits per heavy atom. The van der Waals surface area contributed by atoms with Crippen LogP contribution in [0.15, 0.2) is 24.3 Å². The van der Waals surface area contributed by atoms with Gasteiger partial charge in [-0.05, 0) is 24.1 Å². The van der Waals surface area contributed by atoms with Crippen molar-refractivity contribution in [2.24, 2.45) is 0 Å². The highest BCUT2D eigenvalue weighted by atomic mass is 32.2. The van der Waals surface area contributed by atoms with E-state index in [0.717, 1.165) is 24.3 Å². The van der Waals surface area contributed by atoms with Crippen LogP contribution in [0, 0.1) is 0 Å². The zero-order valence-corrected chi connectivity index (χ0v) is 13.2. The number of ether oxygens (including phenoxy) is 1. The van der Waals surface area contributed by atoms with Crippen molar-refractivity contribution in [3.8, 4) is 5.75 Å². The molecule has 1 aromatic rings. The second-order valence-electron chi connectivity index (χ2n) is 4.77. The molecule has 6 heteroatoms. The summed E-state index contributed by atoms with van der Waals surface area (Å²) in [5.41, 5.74) is 1.11. The highest BCUT2D eigenvalue weighted by Gasteiger charge is 2.12. The van der Waals surface area contributed by atoms with Crippen molar-refractivity contribution >= 4 is 10.0 Å². The Labute approximate surface area is 122 Å². The molecule has 0 aliphatic heterocycles. The molecule has 0 bridgehead atoms. The molecule has 0 saturated carbocycles. The summed E-state index contributed by atoms with van der Waals surface area (Å²) in [7, 11) is -0.0268. The van der Waals surface area contributed by atoms with Crippen LogP contribution in [0.1, 0.15) is 18.9 Å². The van der Waals surface area contributed by atoms with Crippen LogP contribution < -0.4 is 10.1 Å². The minimum absolute atomic E-state index is 0.109. The number of nitrogens with one attached hydrogen (secondary N) is 1. The Hall–Kier alpha value is -1.11. The van der Waals surface area contributed by atoms with Crippen molar-refractivity contribution in [2.75, 3.05) is 33.0 Å². The molecule has 0 heterocycles. The van der Waals surface area contributed by atoms with Gasteiger partial charge in [0.25, 0.3) is 0 Å². The Kier molecular flexibility index (Phi) is 6.98. The fraction of sp³-hybridized carbons (Fsp3) is 0.571. The largest absolute Gasteiger partial charge is 0.494 e. The van der Waals surface area contributed by atoms with Gasteiger partial charge in [-0.15, -0.1) is 0 Å². The van der Waals surface area contributed by atoms with E-state index >= 15 is 0 Å². The molecule has 114 valence electrons. The SMILES string of the molecule is CCCOc1ccc(CNCCS(=O)(=O)N(C)C)cc1. The minimum Gasteiger partial charge on any atom is -0.494 e. The van der Waals surface area contributed by atoms with Crippen LogP contribution in [0.4, 0.5) is 0 Å². The maximum Gasteiger partial charge on any atom is 0.214 e. The molecule has 0 fully saturated rings. The molecule has 1 N–H and O–H groups in total. The molecule has 0 aliphatic carbocycles. The first-order valence-corrected chi connectivity index (χ1v) is 8.39. The molecule has 0 aliphatic rings. The summed E-state index contributed by atoms with van der Waals surface area (Å²) < 4.78 is 29.9. The van der Waals surface area contributed by atoms with Gasteiger partial charge in [0.05, 0.1) is 12.4 Å². The molecule has 1 aromatic carbocycles. The van der Waals surface area contributed by atoms with Crippen LogP contribution in [0.3, 0.4) is 0 Å². The maximum absolute atomic E-state index is 11.6. The predicted molar refractivity (Wildman–Crippen MR) is 81.4 cm³/mol. The number of rotatable bonds is 9. The standard InChI is InChI=1S/C14H24N2O3S/c1-4-10-19-14-7-5-13(6-8-14)12-15-9-11-20(17,18)16(2)3/h5-8,15H,4,9-12H2,1-3H3. The minimum atomic E-state index is -3.12. The van der Waals surface area contributed by atoms with Gasteiger partial charge in [0.2, 0.25) is 10.0 Å². The number of nitrogens with zero attached hydrogens (tertiary/aromatic N) is 1. The molecule has 0 spiro atoms. The lowest BCUT2D eigenvalue weighted by Gasteiger charge is -2.11. The summed E-state index contributed by atoms with van der Waals surface area (Å²) in [6.07, 6.45) is 0.990. The average molecular weight is 300 g/mol. The van der Waals surface area contributed by atoms with Gasteiger partial charge in [-0.25, -0.2) is 12.7 Å². The summed E-state index contributed by atoms with van der Waals surface area (Å²) in [4.78, 5) is 0. The quantitative estimate of drug-likeness (QED) is 0.701. The lowest BCUT2D eigenvalue weighted by molar-refractivity contribution is 0.317. The molecule has 5 nitrogen and oxygen atoms in total. The second kappa shape index (κ2) is 8.24. The fourth-order valence-corrected chi connectivity index (χ4v) is 2.31. The first kappa shape index (κ1) is 16.9. The molecule has 0 atom stereocenters. The van der Waals surface area contributed by atoms with E-state index in [0.29, 0.717) is 13.1 Å². The molecule has 1 rings (SSSR count). The third-order valence-electron chi connectivity index (χ3n) is 2.82. The van der Waals surface area contributed by atoms with E-state index in [1.807, 2.05) is 24.3 Å². The summed E-state index contributed by atoms with van der Waals surface area (Å²) in [6, 6.07) is 7.84. The third kappa shape index (κ3) is 5.90. The maximum atomic E-state index is 11.6. The van der Waals surface area contributed by atoms with Crippen molar-refractivity contribution in [3.05, 3.63) is 29.8 Å². The lowest BCUT2D eigenvalue weighted by atomic mass is 10.2. The molecular formula is C14H24N2O3S. The summed E-state index contributed by atoms with van der Waals surface area (Å²) in [5.74, 6) is 0.975. The predicted octanol–water partition coefficient (Wildman–Crippen LogP) is 1.46. The summed E-state index contributed by atoms with van der Waals surface area (Å²) >= 11 is 0. The van der Waals surface area contributed by atoms with Gasteiger partial charge in [0, 0.05) is 27.2 Å². The van der Waals surface area contributed by atoms with Crippen LogP contribution >= 0.6 is 0 Å². The molecule has 0 saturated heterocycles. The first-order chi connectivity index (χ1) is 9.45. The molecular weight excluding hydrogens is 276 g/mol. The van der Waals surface area contributed by atoms with Crippen LogP contribution in [0.2, 0.25) is 0 Å². The molecule has 0 aromatic heterocycles. The number of hydrogen-bond acceptors (Lipinski definition) is 4. The van der Waals surface area contributed by atoms with E-state index in [4.69, 9.17) is 4.74 Å². The van der Waals surface area contributed by atoms with E-state index in [1.165, 1.54) is 4.31 Å². The van der Waals surface area contributed by atoms with E-state index in [9.17, 15) is 8.42 Å². The topological polar surface area (TPSA) is 58.6 Å². The van der Waals surface area contributed by atoms with Crippen molar-refractivity contribution in [2.45, 2.75) is 19.9 Å². The highest BCUT2D eigenvalue weighted by molar-refractivity contribution is 7.89. The van der Waals surface area contributed by atoms with E-state index in [1.54, 1.807) is 14.1 Å². The van der Waals surface area contributed by atoms with Crippen molar-refractivity contribution in [1.29, 1.82) is 0 Å². The van der Waals surface area contributed by atoms with E-state index < -0.39 is 10.0 Å². The molecule has 20 heavy (non-hydrogen) atoms. The van der Waals surface area contributed by atoms with Crippen LogP contribution in [0.5, 0.6) is 5.75 Å². The van der Waals surface area contributed by atoms with Gasteiger partial charge >= 0.3 is 0 Å². The number of benzene rings is 1. The van der Waals surface area contributed by atoms with Crippen molar-refractivity contribution in [1.82, 2.24) is 9.62 Å². The number of sulfonamides is 1. The first-order valence-electron chi connectivity index (χ1n) is 6.78. The Bertz CT molecular complexity index is 484. The Morgan fingerprint density at radius 3 is 2.40 bits per heavy atom. The number of hydrogen-bond donors (Lipinski definition) is 1. The van der Waals surface area contributed by atoms with E-state index in [-0.39, 0.29) is 5.75 Å². The zero-order chi connectivity index (χ0) is 15.0. The second-order valence-corrected chi connectivity index (χ2v) is 7.07. The van der Waals surface area contributed by atoms with Gasteiger partial charge in [-0.2, -0.15) is 0 Å². The molecule has 0 radical (unpaired) electrons. The summed E-state index contributed by atoms with van der Waals surface area (Å²) in [5, 5.41) is 3.13. The summed E-state index contributed by atoms with van der Waals surface area (Å²) in [6.45, 7) is 3.88. The van der Waals surface area contributed by atoms with Crippen LogP contribution in [0.25, 0.3) is 0 Å². The van der Waals surface area contributed by atoms with Gasteiger partial charge in [-0.3, -0.25) is 0 Å². The van der Waals surface area contributed by atoms with Gasteiger partial charge in [-0.1, -0.05) is 19.1 Å². The Morgan fingerprint density at radius 1 is 1.20 bits per heavy atom. The smallest absolute Gasteiger partial charge is 0.214 e. The highest BCUT2D eigenvalue weighted by Crippen LogP contribution is 2.12. The van der Waals surface area contributed by atoms with Crippen molar-refractivity contribution in [3.63, 3.8) is 0 Å². The zero-order valence-electron chi connectivity index (χ0n) is 12.4. The van der Waals surface area contributed by atoms with Gasteiger partial charge in [0.1, 0.15) is 5.75 Å². The van der Waals surface area contributed by atoms with E-state index in [2.05, 4.69) is 12.2 Å². The van der Waals surface area contributed by atoms with Crippen molar-refractivity contribution < 1.29 is 13.2 Å². The van der Waals surface area contributed by atoms with Gasteiger partial charge in [0.15, 0.2) is 0 Å². The average Bonchev–Trinajstić information content (AvgIpc) is 2.42. The van der Waals surface area contributed by atoms with Crippen LogP contribution in [-0.2, 0) is 16.6 Å². The molecule has 0 unspecified atom stereocenters. The fourth-order valence-electron chi connectivity index (χ4n) is 1.54. The monoisotopic (exact) mass is 300 g/mol.